The van der Waals surface area contributed by atoms with Gasteiger partial charge in [-0.2, -0.15) is 0 Å². The van der Waals surface area contributed by atoms with E-state index in [0.29, 0.717) is 13.0 Å². The molecular formula is C20H29IN2O3. The summed E-state index contributed by atoms with van der Waals surface area (Å²) in [5.41, 5.74) is 0.504. The smallest absolute Gasteiger partial charge is 0.326 e. The number of nitrogens with one attached hydrogen (secondary N) is 1. The number of amides is 1. The van der Waals surface area contributed by atoms with Crippen molar-refractivity contribution in [2.24, 2.45) is 0 Å². The van der Waals surface area contributed by atoms with Gasteiger partial charge in [-0.1, -0.05) is 18.2 Å². The van der Waals surface area contributed by atoms with E-state index in [1.54, 1.807) is 7.05 Å². The fourth-order valence-electron chi connectivity index (χ4n) is 2.37. The molecule has 0 saturated heterocycles. The van der Waals surface area contributed by atoms with Crippen LogP contribution >= 0.6 is 22.6 Å². The van der Waals surface area contributed by atoms with E-state index in [1.807, 2.05) is 51.1 Å². The molecule has 6 heteroatoms. The molecule has 0 aliphatic rings. The van der Waals surface area contributed by atoms with E-state index in [1.165, 1.54) is 4.90 Å². The van der Waals surface area contributed by atoms with E-state index in [4.69, 9.17) is 4.74 Å². The lowest BCUT2D eigenvalue weighted by molar-refractivity contribution is -0.158. The Balaban J connectivity index is 2.76. The minimum absolute atomic E-state index is 0.0670. The molecule has 1 aromatic rings. The molecule has 1 rings (SSSR count). The highest BCUT2D eigenvalue weighted by Crippen LogP contribution is 2.11. The fourth-order valence-corrected chi connectivity index (χ4v) is 2.73. The Bertz CT molecular complexity index is 608. The summed E-state index contributed by atoms with van der Waals surface area (Å²) in [5, 5.41) is 3.27. The highest BCUT2D eigenvalue weighted by atomic mass is 127. The number of nitrogens with zero attached hydrogens (tertiary/aromatic N) is 1. The molecule has 1 atom stereocenters. The van der Waals surface area contributed by atoms with Crippen LogP contribution in [0.1, 0.15) is 32.8 Å². The van der Waals surface area contributed by atoms with E-state index < -0.39 is 17.6 Å². The van der Waals surface area contributed by atoms with Gasteiger partial charge < -0.3 is 15.0 Å². The average Bonchev–Trinajstić information content (AvgIpc) is 2.53. The Hall–Kier alpha value is -1.41. The lowest BCUT2D eigenvalue weighted by Gasteiger charge is -2.26. The van der Waals surface area contributed by atoms with Crippen molar-refractivity contribution in [1.82, 2.24) is 10.2 Å². The first-order valence-corrected chi connectivity index (χ1v) is 9.76. The number of hydrogen-bond acceptors (Lipinski definition) is 4. The van der Waals surface area contributed by atoms with Gasteiger partial charge in [-0.05, 0) is 80.4 Å². The summed E-state index contributed by atoms with van der Waals surface area (Å²) in [6.07, 6.45) is 3.14. The Kier molecular flexibility index (Phi) is 9.29. The molecule has 0 fully saturated rings. The van der Waals surface area contributed by atoms with Gasteiger partial charge in [-0.25, -0.2) is 0 Å². The Labute approximate surface area is 170 Å². The van der Waals surface area contributed by atoms with E-state index in [9.17, 15) is 9.59 Å². The molecule has 0 aromatic heterocycles. The van der Waals surface area contributed by atoms with Crippen molar-refractivity contribution in [2.45, 2.75) is 45.3 Å². The standard InChI is InChI=1S/C20H29IN2O3/c1-6-7-12-22-17(13-15-8-10-16(21)11-9-15)19(25)23(5)14-18(24)26-20(2,3)4/h6,8-11,17,22H,1,7,12-14H2,2-5H3/t17-/m0/s1. The molecule has 5 nitrogen and oxygen atoms in total. The molecular weight excluding hydrogens is 443 g/mol. The predicted molar refractivity (Wildman–Crippen MR) is 113 cm³/mol. The number of carbonyl (C=O) groups is 2. The molecule has 0 radical (unpaired) electrons. The van der Waals surface area contributed by atoms with Gasteiger partial charge in [0, 0.05) is 10.6 Å². The SMILES string of the molecule is C=CCCN[C@@H](Cc1ccc(I)cc1)C(=O)N(C)CC(=O)OC(C)(C)C. The van der Waals surface area contributed by atoms with Crippen molar-refractivity contribution >= 4 is 34.5 Å². The van der Waals surface area contributed by atoms with Crippen molar-refractivity contribution in [3.05, 3.63) is 46.1 Å². The zero-order chi connectivity index (χ0) is 19.7. The second kappa shape index (κ2) is 10.7. The van der Waals surface area contributed by atoms with E-state index in [-0.39, 0.29) is 12.5 Å². The first kappa shape index (κ1) is 22.6. The van der Waals surface area contributed by atoms with Gasteiger partial charge in [0.25, 0.3) is 0 Å². The lowest BCUT2D eigenvalue weighted by Crippen LogP contribution is -2.48. The Morgan fingerprint density at radius 1 is 1.31 bits per heavy atom. The molecule has 26 heavy (non-hydrogen) atoms. The number of benzene rings is 1. The monoisotopic (exact) mass is 472 g/mol. The maximum absolute atomic E-state index is 12.8. The van der Waals surface area contributed by atoms with Gasteiger partial charge in [-0.3, -0.25) is 9.59 Å². The molecule has 0 aliphatic heterocycles. The minimum atomic E-state index is -0.566. The quantitative estimate of drug-likeness (QED) is 0.260. The third kappa shape index (κ3) is 8.80. The van der Waals surface area contributed by atoms with Gasteiger partial charge in [0.15, 0.2) is 0 Å². The second-order valence-corrected chi connectivity index (χ2v) is 8.44. The zero-order valence-electron chi connectivity index (χ0n) is 16.0. The van der Waals surface area contributed by atoms with Crippen LogP contribution in [0.2, 0.25) is 0 Å². The molecule has 0 heterocycles. The molecule has 144 valence electrons. The summed E-state index contributed by atoms with van der Waals surface area (Å²) in [6.45, 7) is 9.72. The molecule has 0 spiro atoms. The number of halogens is 1. The number of hydrogen-bond donors (Lipinski definition) is 1. The summed E-state index contributed by atoms with van der Waals surface area (Å²) in [5.74, 6) is -0.536. The highest BCUT2D eigenvalue weighted by Gasteiger charge is 2.25. The number of carbonyl (C=O) groups excluding carboxylic acids is 2. The lowest BCUT2D eigenvalue weighted by atomic mass is 10.0. The highest BCUT2D eigenvalue weighted by molar-refractivity contribution is 14.1. The van der Waals surface area contributed by atoms with Crippen molar-refractivity contribution in [1.29, 1.82) is 0 Å². The van der Waals surface area contributed by atoms with Crippen LogP contribution in [0.15, 0.2) is 36.9 Å². The van der Waals surface area contributed by atoms with Crippen LogP contribution in [0.5, 0.6) is 0 Å². The maximum Gasteiger partial charge on any atom is 0.326 e. The normalized spacial score (nSPS) is 12.3. The third-order valence-corrected chi connectivity index (χ3v) is 4.27. The molecule has 0 saturated carbocycles. The van der Waals surface area contributed by atoms with Crippen LogP contribution in [-0.2, 0) is 20.7 Å². The van der Waals surface area contributed by atoms with Gasteiger partial charge in [-0.15, -0.1) is 6.58 Å². The first-order chi connectivity index (χ1) is 12.1. The Morgan fingerprint density at radius 3 is 2.46 bits per heavy atom. The van der Waals surface area contributed by atoms with Crippen molar-refractivity contribution in [2.75, 3.05) is 20.1 Å². The van der Waals surface area contributed by atoms with E-state index in [0.717, 1.165) is 15.6 Å². The van der Waals surface area contributed by atoms with Crippen LogP contribution < -0.4 is 5.32 Å². The van der Waals surface area contributed by atoms with E-state index >= 15 is 0 Å². The van der Waals surface area contributed by atoms with Crippen LogP contribution in [-0.4, -0.2) is 48.6 Å². The summed E-state index contributed by atoms with van der Waals surface area (Å²) < 4.78 is 6.45. The molecule has 0 unspecified atom stereocenters. The number of rotatable bonds is 9. The van der Waals surface area contributed by atoms with Crippen molar-refractivity contribution < 1.29 is 14.3 Å². The molecule has 1 aromatic carbocycles. The van der Waals surface area contributed by atoms with Gasteiger partial charge in [0.1, 0.15) is 12.1 Å². The maximum atomic E-state index is 12.8. The predicted octanol–water partition coefficient (Wildman–Crippen LogP) is 3.17. The summed E-state index contributed by atoms with van der Waals surface area (Å²) in [6, 6.07) is 7.68. The molecule has 1 N–H and O–H groups in total. The molecule has 0 aliphatic carbocycles. The third-order valence-electron chi connectivity index (χ3n) is 3.55. The van der Waals surface area contributed by atoms with Crippen LogP contribution in [0.3, 0.4) is 0 Å². The van der Waals surface area contributed by atoms with Crippen LogP contribution in [0, 0.1) is 3.57 Å². The van der Waals surface area contributed by atoms with Crippen molar-refractivity contribution in [3.63, 3.8) is 0 Å². The number of likely N-dealkylation sites (N-methyl/N-ethyl adjacent to an activating group) is 1. The fraction of sp³-hybridized carbons (Fsp3) is 0.500. The van der Waals surface area contributed by atoms with Crippen LogP contribution in [0.25, 0.3) is 0 Å². The van der Waals surface area contributed by atoms with Crippen LogP contribution in [0.4, 0.5) is 0 Å². The van der Waals surface area contributed by atoms with E-state index in [2.05, 4.69) is 34.5 Å². The second-order valence-electron chi connectivity index (χ2n) is 7.20. The van der Waals surface area contributed by atoms with Gasteiger partial charge >= 0.3 is 5.97 Å². The Morgan fingerprint density at radius 2 is 1.92 bits per heavy atom. The molecule has 1 amide bonds. The summed E-state index contributed by atoms with van der Waals surface area (Å²) in [7, 11) is 1.63. The minimum Gasteiger partial charge on any atom is -0.459 e. The van der Waals surface area contributed by atoms with Crippen molar-refractivity contribution in [3.8, 4) is 0 Å². The van der Waals surface area contributed by atoms with Gasteiger partial charge in [0.2, 0.25) is 5.91 Å². The number of ether oxygens (including phenoxy) is 1. The summed E-state index contributed by atoms with van der Waals surface area (Å²) >= 11 is 2.25. The number of esters is 1. The van der Waals surface area contributed by atoms with Gasteiger partial charge in [0.05, 0.1) is 6.04 Å². The topological polar surface area (TPSA) is 58.6 Å². The average molecular weight is 472 g/mol. The summed E-state index contributed by atoms with van der Waals surface area (Å²) in [4.78, 5) is 26.3. The largest absolute Gasteiger partial charge is 0.459 e. The first-order valence-electron chi connectivity index (χ1n) is 8.68. The zero-order valence-corrected chi connectivity index (χ0v) is 18.2. The molecule has 0 bridgehead atoms.